The third-order valence-electron chi connectivity index (χ3n) is 11.0. The average Bonchev–Trinajstić information content (AvgIpc) is 3.83. The molecule has 0 N–H and O–H groups in total. The number of fused-ring (bicyclic) bond motifs is 6. The minimum Gasteiger partial charge on any atom is -0.456 e. The highest BCUT2D eigenvalue weighted by molar-refractivity contribution is 6.11. The van der Waals surface area contributed by atoms with Crippen LogP contribution in [0.15, 0.2) is 217 Å². The summed E-state index contributed by atoms with van der Waals surface area (Å²) in [5, 5.41) is 4.68. The van der Waals surface area contributed by atoms with Crippen molar-refractivity contribution in [3.05, 3.63) is 212 Å². The summed E-state index contributed by atoms with van der Waals surface area (Å²) in [5.41, 5.74) is 14.8. The third kappa shape index (κ3) is 5.74. The van der Waals surface area contributed by atoms with Crippen molar-refractivity contribution in [3.63, 3.8) is 0 Å². The van der Waals surface area contributed by atoms with E-state index in [1.807, 2.05) is 30.5 Å². The van der Waals surface area contributed by atoms with E-state index in [2.05, 4.69) is 191 Å². The number of nitrogens with zero attached hydrogens (tertiary/aromatic N) is 3. The van der Waals surface area contributed by atoms with Crippen LogP contribution in [-0.4, -0.2) is 9.55 Å². The van der Waals surface area contributed by atoms with Crippen LogP contribution in [0.2, 0.25) is 0 Å². The fourth-order valence-corrected chi connectivity index (χ4v) is 8.31. The molecule has 0 saturated heterocycles. The predicted octanol–water partition coefficient (Wildman–Crippen LogP) is 14.5. The summed E-state index contributed by atoms with van der Waals surface area (Å²) in [5.74, 6) is 0. The first-order valence-electron chi connectivity index (χ1n) is 19.3. The van der Waals surface area contributed by atoms with Crippen molar-refractivity contribution in [1.82, 2.24) is 9.55 Å². The van der Waals surface area contributed by atoms with Gasteiger partial charge in [0.15, 0.2) is 0 Å². The predicted molar refractivity (Wildman–Crippen MR) is 237 cm³/mol. The van der Waals surface area contributed by atoms with Crippen molar-refractivity contribution in [2.24, 2.45) is 0 Å². The molecule has 57 heavy (non-hydrogen) atoms. The molecule has 0 aliphatic carbocycles. The number of hydrogen-bond acceptors (Lipinski definition) is 3. The fourth-order valence-electron chi connectivity index (χ4n) is 8.31. The molecule has 11 rings (SSSR count). The summed E-state index contributed by atoms with van der Waals surface area (Å²) in [6.45, 7) is 0. The topological polar surface area (TPSA) is 34.2 Å². The Morgan fingerprint density at radius 1 is 0.368 bits per heavy atom. The molecule has 3 heterocycles. The van der Waals surface area contributed by atoms with Gasteiger partial charge in [0.25, 0.3) is 0 Å². The van der Waals surface area contributed by atoms with E-state index < -0.39 is 0 Å². The zero-order valence-electron chi connectivity index (χ0n) is 31.0. The molecule has 268 valence electrons. The van der Waals surface area contributed by atoms with Gasteiger partial charge in [-0.2, -0.15) is 0 Å². The van der Waals surface area contributed by atoms with Gasteiger partial charge in [-0.25, -0.2) is 0 Å². The normalized spacial score (nSPS) is 11.5. The van der Waals surface area contributed by atoms with Gasteiger partial charge in [-0.15, -0.1) is 0 Å². The second-order valence-corrected chi connectivity index (χ2v) is 14.4. The Morgan fingerprint density at radius 3 is 1.67 bits per heavy atom. The molecule has 4 heteroatoms. The number of hydrogen-bond donors (Lipinski definition) is 0. The third-order valence-corrected chi connectivity index (χ3v) is 11.0. The molecule has 0 radical (unpaired) electrons. The van der Waals surface area contributed by atoms with Gasteiger partial charge < -0.3 is 13.9 Å². The molecule has 0 spiro atoms. The van der Waals surface area contributed by atoms with Gasteiger partial charge in [-0.05, 0) is 125 Å². The van der Waals surface area contributed by atoms with E-state index >= 15 is 0 Å². The van der Waals surface area contributed by atoms with E-state index in [-0.39, 0.29) is 0 Å². The SMILES string of the molecule is c1ccc(N(c2ccccc2)c2ccc(-c3cc(-c4ccc5c(c4)oc4ccccc45)cc(-c4ccc5c(c4)c4ccccc4n5-c4ccccc4)c3)nc2)cc1. The second-order valence-electron chi connectivity index (χ2n) is 14.4. The number of furan rings is 1. The Balaban J connectivity index is 1.07. The molecule has 0 amide bonds. The van der Waals surface area contributed by atoms with Crippen molar-refractivity contribution in [2.75, 3.05) is 4.90 Å². The molecule has 0 aliphatic rings. The number of rotatable bonds is 7. The molecule has 11 aromatic rings. The molecule has 0 atom stereocenters. The zero-order chi connectivity index (χ0) is 37.7. The van der Waals surface area contributed by atoms with Gasteiger partial charge in [0.05, 0.1) is 28.6 Å². The first-order valence-corrected chi connectivity index (χ1v) is 19.3. The Labute approximate surface area is 330 Å². The van der Waals surface area contributed by atoms with E-state index in [1.54, 1.807) is 0 Å². The molecule has 0 bridgehead atoms. The highest BCUT2D eigenvalue weighted by atomic mass is 16.3. The molecule has 0 fully saturated rings. The van der Waals surface area contributed by atoms with Crippen LogP contribution in [0.3, 0.4) is 0 Å². The van der Waals surface area contributed by atoms with Crippen LogP contribution < -0.4 is 4.90 Å². The molecule has 0 aliphatic heterocycles. The van der Waals surface area contributed by atoms with Crippen LogP contribution in [0, 0.1) is 0 Å². The summed E-state index contributed by atoms with van der Waals surface area (Å²) >= 11 is 0. The Morgan fingerprint density at radius 2 is 0.947 bits per heavy atom. The van der Waals surface area contributed by atoms with Crippen molar-refractivity contribution in [3.8, 4) is 39.2 Å². The van der Waals surface area contributed by atoms with Gasteiger partial charge in [0, 0.05) is 44.2 Å². The lowest BCUT2D eigenvalue weighted by atomic mass is 9.93. The van der Waals surface area contributed by atoms with Gasteiger partial charge in [0.1, 0.15) is 11.2 Å². The molecular weight excluding hydrogens is 695 g/mol. The summed E-state index contributed by atoms with van der Waals surface area (Å²) in [4.78, 5) is 7.37. The minimum absolute atomic E-state index is 0.875. The van der Waals surface area contributed by atoms with Gasteiger partial charge in [-0.1, -0.05) is 103 Å². The molecule has 4 nitrogen and oxygen atoms in total. The smallest absolute Gasteiger partial charge is 0.136 e. The number of anilines is 3. The molecule has 8 aromatic carbocycles. The molecule has 0 saturated carbocycles. The summed E-state index contributed by atoms with van der Waals surface area (Å²) < 4.78 is 8.72. The number of para-hydroxylation sites is 5. The quantitative estimate of drug-likeness (QED) is 0.164. The first-order chi connectivity index (χ1) is 28.2. The number of pyridine rings is 1. The zero-order valence-corrected chi connectivity index (χ0v) is 31.0. The Kier molecular flexibility index (Phi) is 7.78. The molecule has 0 unspecified atom stereocenters. The maximum absolute atomic E-state index is 6.36. The van der Waals surface area contributed by atoms with E-state index in [4.69, 9.17) is 9.40 Å². The van der Waals surface area contributed by atoms with Crippen molar-refractivity contribution in [1.29, 1.82) is 0 Å². The highest BCUT2D eigenvalue weighted by Gasteiger charge is 2.17. The fraction of sp³-hybridized carbons (Fsp3) is 0. The van der Waals surface area contributed by atoms with E-state index in [1.165, 1.54) is 21.8 Å². The van der Waals surface area contributed by atoms with Crippen molar-refractivity contribution in [2.45, 2.75) is 0 Å². The Hall–Kier alpha value is -7.69. The number of benzene rings is 8. The van der Waals surface area contributed by atoms with Crippen LogP contribution in [-0.2, 0) is 0 Å². The minimum atomic E-state index is 0.875. The van der Waals surface area contributed by atoms with Crippen LogP contribution in [0.5, 0.6) is 0 Å². The average molecular weight is 730 g/mol. The lowest BCUT2D eigenvalue weighted by Gasteiger charge is -2.25. The second kappa shape index (κ2) is 13.6. The van der Waals surface area contributed by atoms with Gasteiger partial charge >= 0.3 is 0 Å². The maximum atomic E-state index is 6.36. The molecule has 3 aromatic heterocycles. The summed E-state index contributed by atoms with van der Waals surface area (Å²) in [6.07, 6.45) is 1.98. The van der Waals surface area contributed by atoms with Crippen LogP contribution in [0.4, 0.5) is 17.1 Å². The monoisotopic (exact) mass is 729 g/mol. The van der Waals surface area contributed by atoms with Gasteiger partial charge in [0.2, 0.25) is 0 Å². The van der Waals surface area contributed by atoms with Crippen molar-refractivity contribution < 1.29 is 4.42 Å². The maximum Gasteiger partial charge on any atom is 0.136 e. The largest absolute Gasteiger partial charge is 0.456 e. The van der Waals surface area contributed by atoms with Crippen LogP contribution >= 0.6 is 0 Å². The lowest BCUT2D eigenvalue weighted by molar-refractivity contribution is 0.669. The Bertz CT molecular complexity index is 3180. The van der Waals surface area contributed by atoms with Crippen molar-refractivity contribution >= 4 is 60.8 Å². The van der Waals surface area contributed by atoms with Gasteiger partial charge in [-0.3, -0.25) is 4.98 Å². The number of aromatic nitrogens is 2. The standard InChI is InChI=1S/C53H35N3O/c1-4-14-41(15-5-1)55(42-16-6-2-7-17-42)44-26-28-49(54-35-44)40-31-38(30-39(32-40)37-24-27-47-46-21-11-13-23-52(46)57-53(47)34-37)36-25-29-51-48(33-36)45-20-10-12-22-50(45)56(51)43-18-8-3-9-19-43/h1-35H. The van der Waals surface area contributed by atoms with E-state index in [0.29, 0.717) is 0 Å². The molecular formula is C53H35N3O. The van der Waals surface area contributed by atoms with Crippen LogP contribution in [0.25, 0.3) is 82.9 Å². The summed E-state index contributed by atoms with van der Waals surface area (Å²) in [7, 11) is 0. The first kappa shape index (κ1) is 32.7. The van der Waals surface area contributed by atoms with E-state index in [9.17, 15) is 0 Å². The highest BCUT2D eigenvalue weighted by Crippen LogP contribution is 2.40. The lowest BCUT2D eigenvalue weighted by Crippen LogP contribution is -2.10. The van der Waals surface area contributed by atoms with E-state index in [0.717, 1.165) is 78.2 Å². The van der Waals surface area contributed by atoms with Crippen LogP contribution in [0.1, 0.15) is 0 Å². The summed E-state index contributed by atoms with van der Waals surface area (Å²) in [6, 6.07) is 72.9.